The molecule has 1 atom stereocenters. The number of rotatable bonds is 2. The van der Waals surface area contributed by atoms with Crippen LogP contribution in [0.3, 0.4) is 0 Å². The fourth-order valence-corrected chi connectivity index (χ4v) is 6.49. The van der Waals surface area contributed by atoms with Crippen LogP contribution in [-0.4, -0.2) is 12.1 Å². The third-order valence-corrected chi connectivity index (χ3v) is 6.94. The van der Waals surface area contributed by atoms with Crippen molar-refractivity contribution in [2.45, 2.75) is 70.8 Å². The van der Waals surface area contributed by atoms with Crippen molar-refractivity contribution in [2.24, 2.45) is 29.1 Å². The second-order valence-corrected chi connectivity index (χ2v) is 8.76. The predicted octanol–water partition coefficient (Wildman–Crippen LogP) is 3.98. The van der Waals surface area contributed by atoms with Crippen molar-refractivity contribution in [3.05, 3.63) is 0 Å². The average Bonchev–Trinajstić information content (AvgIpc) is 2.55. The van der Waals surface area contributed by atoms with Crippen molar-refractivity contribution in [1.82, 2.24) is 5.32 Å². The summed E-state index contributed by atoms with van der Waals surface area (Å²) < 4.78 is 0. The fraction of sp³-hybridized carbons (Fsp3) is 1.00. The van der Waals surface area contributed by atoms with Gasteiger partial charge in [0.2, 0.25) is 0 Å². The van der Waals surface area contributed by atoms with Crippen LogP contribution in [0.25, 0.3) is 0 Å². The van der Waals surface area contributed by atoms with Crippen LogP contribution < -0.4 is 5.32 Å². The van der Waals surface area contributed by atoms with Gasteiger partial charge in [0.1, 0.15) is 0 Å². The minimum absolute atomic E-state index is 0.406. The molecule has 0 aromatic rings. The predicted molar refractivity (Wildman–Crippen MR) is 75.4 cm³/mol. The van der Waals surface area contributed by atoms with Crippen LogP contribution >= 0.6 is 0 Å². The molecule has 0 amide bonds. The largest absolute Gasteiger partial charge is 0.312 e. The molecule has 1 saturated heterocycles. The van der Waals surface area contributed by atoms with Gasteiger partial charge in [-0.2, -0.15) is 0 Å². The van der Waals surface area contributed by atoms with E-state index in [9.17, 15) is 0 Å². The molecule has 1 heterocycles. The van der Waals surface area contributed by atoms with Crippen molar-refractivity contribution in [1.29, 1.82) is 0 Å². The van der Waals surface area contributed by atoms with Crippen molar-refractivity contribution >= 4 is 0 Å². The first-order chi connectivity index (χ1) is 8.55. The molecule has 5 rings (SSSR count). The molecule has 0 spiro atoms. The smallest absolute Gasteiger partial charge is 0.0154 e. The Balaban J connectivity index is 1.54. The Morgan fingerprint density at radius 3 is 1.94 bits per heavy atom. The molecular formula is C17H29N. The summed E-state index contributed by atoms with van der Waals surface area (Å²) in [4.78, 5) is 0. The molecule has 0 radical (unpaired) electrons. The van der Waals surface area contributed by atoms with Gasteiger partial charge in [-0.1, -0.05) is 0 Å². The van der Waals surface area contributed by atoms with E-state index < -0.39 is 0 Å². The highest BCUT2D eigenvalue weighted by atomic mass is 15.0. The zero-order valence-corrected chi connectivity index (χ0v) is 12.2. The van der Waals surface area contributed by atoms with Gasteiger partial charge in [-0.15, -0.1) is 0 Å². The van der Waals surface area contributed by atoms with Crippen LogP contribution in [-0.2, 0) is 0 Å². The van der Waals surface area contributed by atoms with E-state index >= 15 is 0 Å². The summed E-state index contributed by atoms with van der Waals surface area (Å²) in [6.45, 7) is 6.13. The second kappa shape index (κ2) is 3.75. The van der Waals surface area contributed by atoms with Crippen LogP contribution in [0.1, 0.15) is 65.2 Å². The van der Waals surface area contributed by atoms with Gasteiger partial charge < -0.3 is 5.32 Å². The lowest BCUT2D eigenvalue weighted by Gasteiger charge is -2.58. The monoisotopic (exact) mass is 247 g/mol. The Morgan fingerprint density at radius 2 is 1.50 bits per heavy atom. The first kappa shape index (κ1) is 11.8. The molecule has 0 aromatic carbocycles. The van der Waals surface area contributed by atoms with E-state index in [2.05, 4.69) is 19.2 Å². The highest BCUT2D eigenvalue weighted by Crippen LogP contribution is 2.62. The summed E-state index contributed by atoms with van der Waals surface area (Å²) in [6.07, 6.45) is 12.5. The topological polar surface area (TPSA) is 12.0 Å². The minimum atomic E-state index is 0.406. The van der Waals surface area contributed by atoms with Crippen molar-refractivity contribution in [3.63, 3.8) is 0 Å². The van der Waals surface area contributed by atoms with E-state index in [4.69, 9.17) is 0 Å². The summed E-state index contributed by atoms with van der Waals surface area (Å²) in [7, 11) is 0. The average molecular weight is 247 g/mol. The Labute approximate surface area is 112 Å². The lowest BCUT2D eigenvalue weighted by molar-refractivity contribution is -0.0684. The summed E-state index contributed by atoms with van der Waals surface area (Å²) in [6, 6.07) is 0. The lowest BCUT2D eigenvalue weighted by Crippen LogP contribution is -2.48. The lowest BCUT2D eigenvalue weighted by atomic mass is 9.47. The molecule has 4 aliphatic carbocycles. The van der Waals surface area contributed by atoms with Gasteiger partial charge in [0.15, 0.2) is 0 Å². The van der Waals surface area contributed by atoms with Gasteiger partial charge >= 0.3 is 0 Å². The van der Waals surface area contributed by atoms with Crippen LogP contribution in [0.2, 0.25) is 0 Å². The third kappa shape index (κ3) is 1.77. The van der Waals surface area contributed by atoms with Crippen LogP contribution in [0.4, 0.5) is 0 Å². The van der Waals surface area contributed by atoms with Gasteiger partial charge in [-0.25, -0.2) is 0 Å². The maximum atomic E-state index is 3.73. The molecule has 1 unspecified atom stereocenters. The molecule has 4 saturated carbocycles. The van der Waals surface area contributed by atoms with E-state index in [0.717, 1.165) is 29.1 Å². The van der Waals surface area contributed by atoms with E-state index in [1.807, 2.05) is 0 Å². The minimum Gasteiger partial charge on any atom is -0.312 e. The van der Waals surface area contributed by atoms with Crippen LogP contribution in [0.5, 0.6) is 0 Å². The van der Waals surface area contributed by atoms with Gasteiger partial charge in [0.25, 0.3) is 0 Å². The first-order valence-corrected chi connectivity index (χ1v) is 8.30. The van der Waals surface area contributed by atoms with Gasteiger partial charge in [0, 0.05) is 5.54 Å². The molecule has 0 aromatic heterocycles. The van der Waals surface area contributed by atoms with Gasteiger partial charge in [-0.3, -0.25) is 0 Å². The fourth-order valence-electron chi connectivity index (χ4n) is 6.49. The molecule has 1 aliphatic heterocycles. The Kier molecular flexibility index (Phi) is 2.45. The van der Waals surface area contributed by atoms with Crippen LogP contribution in [0, 0.1) is 29.1 Å². The summed E-state index contributed by atoms with van der Waals surface area (Å²) in [5.41, 5.74) is 1.19. The second-order valence-electron chi connectivity index (χ2n) is 8.76. The maximum absolute atomic E-state index is 3.73. The van der Waals surface area contributed by atoms with E-state index in [0.29, 0.717) is 5.54 Å². The highest BCUT2D eigenvalue weighted by Gasteiger charge is 2.52. The zero-order chi connectivity index (χ0) is 12.4. The molecule has 4 bridgehead atoms. The molecular weight excluding hydrogens is 218 g/mol. The number of hydrogen-bond donors (Lipinski definition) is 1. The Bertz CT molecular complexity index is 308. The quantitative estimate of drug-likeness (QED) is 0.778. The van der Waals surface area contributed by atoms with E-state index in [-0.39, 0.29) is 0 Å². The molecule has 1 heteroatoms. The van der Waals surface area contributed by atoms with Crippen LogP contribution in [0.15, 0.2) is 0 Å². The van der Waals surface area contributed by atoms with Crippen molar-refractivity contribution in [2.75, 3.05) is 6.54 Å². The molecule has 102 valence electrons. The van der Waals surface area contributed by atoms with Crippen molar-refractivity contribution < 1.29 is 0 Å². The molecule has 1 N–H and O–H groups in total. The first-order valence-electron chi connectivity index (χ1n) is 8.30. The Hall–Kier alpha value is -0.0400. The zero-order valence-electron chi connectivity index (χ0n) is 12.2. The Morgan fingerprint density at radius 1 is 0.944 bits per heavy atom. The standard InChI is InChI=1S/C17H29N/c1-16(2)15(3-4-18-16)11-17-8-12-5-13(9-17)7-14(6-12)10-17/h12-15,18H,3-11H2,1-2H3. The summed E-state index contributed by atoms with van der Waals surface area (Å²) in [5.74, 6) is 4.30. The van der Waals surface area contributed by atoms with Gasteiger partial charge in [0.05, 0.1) is 0 Å². The van der Waals surface area contributed by atoms with E-state index in [1.165, 1.54) is 19.4 Å². The molecule has 5 fully saturated rings. The third-order valence-electron chi connectivity index (χ3n) is 6.94. The maximum Gasteiger partial charge on any atom is 0.0154 e. The molecule has 18 heavy (non-hydrogen) atoms. The summed E-state index contributed by atoms with van der Waals surface area (Å²) >= 11 is 0. The number of hydrogen-bond acceptors (Lipinski definition) is 1. The normalized spacial score (nSPS) is 53.0. The molecule has 1 nitrogen and oxygen atoms in total. The van der Waals surface area contributed by atoms with Gasteiger partial charge in [-0.05, 0) is 101 Å². The SMILES string of the molecule is CC1(C)NCCC1CC12CC3CC(CC(C3)C1)C2. The molecule has 5 aliphatic rings. The van der Waals surface area contributed by atoms with E-state index in [1.54, 1.807) is 38.5 Å². The number of nitrogens with one attached hydrogen (secondary N) is 1. The highest BCUT2D eigenvalue weighted by molar-refractivity contribution is 5.04. The van der Waals surface area contributed by atoms with Crippen molar-refractivity contribution in [3.8, 4) is 0 Å². The summed E-state index contributed by atoms with van der Waals surface area (Å²) in [5, 5.41) is 3.73.